The van der Waals surface area contributed by atoms with E-state index in [1.807, 2.05) is 0 Å². The molecule has 2 aliphatic rings. The van der Waals surface area contributed by atoms with Gasteiger partial charge < -0.3 is 14.8 Å². The Balaban J connectivity index is 1.76. The molecule has 18 heavy (non-hydrogen) atoms. The Morgan fingerprint density at radius 3 is 3.00 bits per heavy atom. The van der Waals surface area contributed by atoms with Crippen LogP contribution in [0.2, 0.25) is 0 Å². The van der Waals surface area contributed by atoms with Gasteiger partial charge in [-0.15, -0.1) is 0 Å². The smallest absolute Gasteiger partial charge is 0.0951 e. The summed E-state index contributed by atoms with van der Waals surface area (Å²) in [6.07, 6.45) is 5.89. The van der Waals surface area contributed by atoms with Crippen molar-refractivity contribution < 1.29 is 13.7 Å². The van der Waals surface area contributed by atoms with Gasteiger partial charge >= 0.3 is 0 Å². The van der Waals surface area contributed by atoms with Gasteiger partial charge in [-0.25, -0.2) is 0 Å². The number of hydrogen-bond donors (Lipinski definition) is 1. The van der Waals surface area contributed by atoms with Gasteiger partial charge in [0.25, 0.3) is 0 Å². The largest absolute Gasteiger partial charge is 0.378 e. The molecule has 0 aromatic carbocycles. The summed E-state index contributed by atoms with van der Waals surface area (Å²) in [7, 11) is -0.686. The van der Waals surface area contributed by atoms with E-state index in [4.69, 9.17) is 9.47 Å². The Morgan fingerprint density at radius 1 is 1.50 bits per heavy atom. The van der Waals surface area contributed by atoms with Crippen LogP contribution in [0.4, 0.5) is 0 Å². The Morgan fingerprint density at radius 2 is 2.33 bits per heavy atom. The Hall–Kier alpha value is 0.0300. The Bertz CT molecular complexity index is 292. The van der Waals surface area contributed by atoms with Crippen LogP contribution in [-0.2, 0) is 20.3 Å². The summed E-state index contributed by atoms with van der Waals surface area (Å²) < 4.78 is 22.5. The summed E-state index contributed by atoms with van der Waals surface area (Å²) in [6.45, 7) is 4.59. The molecule has 2 heterocycles. The number of rotatable bonds is 5. The molecule has 106 valence electrons. The second kappa shape index (κ2) is 6.46. The molecule has 0 aromatic rings. The molecule has 1 N–H and O–H groups in total. The molecule has 2 saturated heterocycles. The first-order valence-electron chi connectivity index (χ1n) is 6.87. The van der Waals surface area contributed by atoms with Crippen LogP contribution in [-0.4, -0.2) is 53.7 Å². The van der Waals surface area contributed by atoms with Crippen molar-refractivity contribution in [2.45, 2.75) is 50.3 Å². The third-order valence-electron chi connectivity index (χ3n) is 3.92. The average Bonchev–Trinajstić information content (AvgIpc) is 2.75. The van der Waals surface area contributed by atoms with Crippen LogP contribution in [0, 0.1) is 0 Å². The van der Waals surface area contributed by atoms with Gasteiger partial charge in [0.1, 0.15) is 0 Å². The first kappa shape index (κ1) is 14.4. The van der Waals surface area contributed by atoms with Crippen molar-refractivity contribution in [2.75, 3.05) is 31.8 Å². The van der Waals surface area contributed by atoms with Gasteiger partial charge in [0.2, 0.25) is 0 Å². The van der Waals surface area contributed by atoms with Crippen molar-refractivity contribution in [3.05, 3.63) is 0 Å². The molecule has 5 heteroatoms. The normalized spacial score (nSPS) is 35.8. The highest BCUT2D eigenvalue weighted by Gasteiger charge is 2.41. The van der Waals surface area contributed by atoms with Crippen molar-refractivity contribution in [1.29, 1.82) is 0 Å². The fourth-order valence-electron chi connectivity index (χ4n) is 2.86. The SMILES string of the molecule is CC(CCS(C)=O)NC1CCOC2(CCOC2)C1. The van der Waals surface area contributed by atoms with Crippen LogP contribution in [0.1, 0.15) is 32.6 Å². The zero-order valence-electron chi connectivity index (χ0n) is 11.4. The van der Waals surface area contributed by atoms with Gasteiger partial charge in [0, 0.05) is 54.5 Å². The van der Waals surface area contributed by atoms with Gasteiger partial charge in [-0.3, -0.25) is 4.21 Å². The predicted molar refractivity (Wildman–Crippen MR) is 73.3 cm³/mol. The van der Waals surface area contributed by atoms with Crippen LogP contribution >= 0.6 is 0 Å². The van der Waals surface area contributed by atoms with E-state index in [1.165, 1.54) is 0 Å². The summed E-state index contributed by atoms with van der Waals surface area (Å²) in [5.74, 6) is 0.783. The lowest BCUT2D eigenvalue weighted by molar-refractivity contribution is -0.0901. The summed E-state index contributed by atoms with van der Waals surface area (Å²) >= 11 is 0. The maximum Gasteiger partial charge on any atom is 0.0951 e. The summed E-state index contributed by atoms with van der Waals surface area (Å²) in [6, 6.07) is 0.942. The second-order valence-corrected chi connectivity index (χ2v) is 7.21. The van der Waals surface area contributed by atoms with Crippen LogP contribution in [0.25, 0.3) is 0 Å². The molecule has 2 rings (SSSR count). The number of ether oxygens (including phenoxy) is 2. The highest BCUT2D eigenvalue weighted by atomic mass is 32.2. The first-order valence-corrected chi connectivity index (χ1v) is 8.60. The van der Waals surface area contributed by atoms with Crippen molar-refractivity contribution in [3.63, 3.8) is 0 Å². The minimum absolute atomic E-state index is 0.0246. The third kappa shape index (κ3) is 4.02. The topological polar surface area (TPSA) is 47.6 Å². The monoisotopic (exact) mass is 275 g/mol. The zero-order chi connectivity index (χ0) is 13.0. The highest BCUT2D eigenvalue weighted by molar-refractivity contribution is 7.84. The lowest BCUT2D eigenvalue weighted by Crippen LogP contribution is -2.49. The van der Waals surface area contributed by atoms with Crippen LogP contribution in [0.3, 0.4) is 0 Å². The van der Waals surface area contributed by atoms with E-state index in [9.17, 15) is 4.21 Å². The summed E-state index contributed by atoms with van der Waals surface area (Å²) in [5, 5.41) is 3.66. The van der Waals surface area contributed by atoms with Crippen molar-refractivity contribution in [2.24, 2.45) is 0 Å². The lowest BCUT2D eigenvalue weighted by atomic mass is 9.89. The van der Waals surface area contributed by atoms with Crippen molar-refractivity contribution in [3.8, 4) is 0 Å². The number of hydrogen-bond acceptors (Lipinski definition) is 4. The van der Waals surface area contributed by atoms with Gasteiger partial charge in [0.15, 0.2) is 0 Å². The molecule has 0 bridgehead atoms. The molecule has 1 spiro atoms. The molecular weight excluding hydrogens is 250 g/mol. The Labute approximate surface area is 112 Å². The highest BCUT2D eigenvalue weighted by Crippen LogP contribution is 2.32. The van der Waals surface area contributed by atoms with E-state index in [-0.39, 0.29) is 5.60 Å². The van der Waals surface area contributed by atoms with Crippen molar-refractivity contribution in [1.82, 2.24) is 5.32 Å². The lowest BCUT2D eigenvalue weighted by Gasteiger charge is -2.38. The Kier molecular flexibility index (Phi) is 5.18. The molecule has 0 aliphatic carbocycles. The summed E-state index contributed by atoms with van der Waals surface area (Å²) in [4.78, 5) is 0. The summed E-state index contributed by atoms with van der Waals surface area (Å²) in [5.41, 5.74) is -0.0246. The molecule has 0 amide bonds. The number of nitrogens with one attached hydrogen (secondary N) is 1. The van der Waals surface area contributed by atoms with E-state index >= 15 is 0 Å². The average molecular weight is 275 g/mol. The van der Waals surface area contributed by atoms with E-state index < -0.39 is 10.8 Å². The molecule has 4 unspecified atom stereocenters. The van der Waals surface area contributed by atoms with Gasteiger partial charge in [-0.05, 0) is 26.2 Å². The van der Waals surface area contributed by atoms with Gasteiger partial charge in [-0.2, -0.15) is 0 Å². The molecule has 4 atom stereocenters. The maximum absolute atomic E-state index is 11.1. The molecule has 0 aromatic heterocycles. The first-order chi connectivity index (χ1) is 8.60. The molecule has 2 fully saturated rings. The predicted octanol–water partition coefficient (Wildman–Crippen LogP) is 1.07. The molecule has 0 radical (unpaired) electrons. The standard InChI is InChI=1S/C13H25NO3S/c1-11(4-8-18(2)15)14-12-3-6-17-13(9-12)5-7-16-10-13/h11-12,14H,3-10H2,1-2H3. The molecular formula is C13H25NO3S. The quantitative estimate of drug-likeness (QED) is 0.815. The maximum atomic E-state index is 11.1. The van der Waals surface area contributed by atoms with Crippen LogP contribution < -0.4 is 5.32 Å². The minimum Gasteiger partial charge on any atom is -0.378 e. The third-order valence-corrected chi connectivity index (χ3v) is 4.73. The minimum atomic E-state index is -0.686. The van der Waals surface area contributed by atoms with Gasteiger partial charge in [-0.1, -0.05) is 0 Å². The van der Waals surface area contributed by atoms with Crippen molar-refractivity contribution >= 4 is 10.8 Å². The van der Waals surface area contributed by atoms with E-state index in [2.05, 4.69) is 12.2 Å². The fraction of sp³-hybridized carbons (Fsp3) is 1.00. The van der Waals surface area contributed by atoms with E-state index in [0.29, 0.717) is 12.1 Å². The fourth-order valence-corrected chi connectivity index (χ4v) is 3.55. The van der Waals surface area contributed by atoms with E-state index in [1.54, 1.807) is 6.26 Å². The molecule has 4 nitrogen and oxygen atoms in total. The van der Waals surface area contributed by atoms with Gasteiger partial charge in [0.05, 0.1) is 12.2 Å². The van der Waals surface area contributed by atoms with Crippen LogP contribution in [0.5, 0.6) is 0 Å². The van der Waals surface area contributed by atoms with E-state index in [0.717, 1.165) is 51.3 Å². The molecule has 0 saturated carbocycles. The zero-order valence-corrected chi connectivity index (χ0v) is 12.3. The van der Waals surface area contributed by atoms with Crippen LogP contribution in [0.15, 0.2) is 0 Å². The second-order valence-electron chi connectivity index (χ2n) is 5.66. The molecule has 2 aliphatic heterocycles.